The van der Waals surface area contributed by atoms with Crippen molar-refractivity contribution in [3.05, 3.63) is 16.6 Å². The highest BCUT2D eigenvalue weighted by molar-refractivity contribution is 8.13. The lowest BCUT2D eigenvalue weighted by Gasteiger charge is -2.21. The molecule has 76 valence electrons. The van der Waals surface area contributed by atoms with Crippen LogP contribution in [0, 0.1) is 0 Å². The smallest absolute Gasteiger partial charge is 0.157 e. The quantitative estimate of drug-likeness (QED) is 0.841. The zero-order valence-corrected chi connectivity index (χ0v) is 9.70. The van der Waals surface area contributed by atoms with Gasteiger partial charge in [-0.3, -0.25) is 4.99 Å². The summed E-state index contributed by atoms with van der Waals surface area (Å²) in [6, 6.07) is 0.561. The molecule has 2 rings (SSSR count). The molecule has 1 aromatic heterocycles. The molecular formula is C9H13N3S2. The van der Waals surface area contributed by atoms with Crippen molar-refractivity contribution in [2.24, 2.45) is 4.99 Å². The van der Waals surface area contributed by atoms with E-state index < -0.39 is 0 Å². The number of aliphatic imine (C=N–C) groups is 1. The van der Waals surface area contributed by atoms with Crippen molar-refractivity contribution in [1.29, 1.82) is 0 Å². The lowest BCUT2D eigenvalue weighted by Crippen LogP contribution is -2.35. The van der Waals surface area contributed by atoms with Gasteiger partial charge in [0.2, 0.25) is 0 Å². The maximum absolute atomic E-state index is 4.49. The molecule has 0 aliphatic carbocycles. The van der Waals surface area contributed by atoms with Crippen LogP contribution in [-0.4, -0.2) is 21.9 Å². The van der Waals surface area contributed by atoms with Crippen LogP contribution in [0.15, 0.2) is 15.9 Å². The van der Waals surface area contributed by atoms with Gasteiger partial charge >= 0.3 is 0 Å². The van der Waals surface area contributed by atoms with Gasteiger partial charge in [0.05, 0.1) is 17.7 Å². The van der Waals surface area contributed by atoms with Crippen LogP contribution in [0.1, 0.15) is 19.0 Å². The maximum atomic E-state index is 4.49. The molecule has 3 nitrogen and oxygen atoms in total. The number of aromatic nitrogens is 1. The Balaban J connectivity index is 1.91. The first-order valence-electron chi connectivity index (χ1n) is 4.65. The molecule has 0 bridgehead atoms. The zero-order valence-electron chi connectivity index (χ0n) is 8.06. The summed E-state index contributed by atoms with van der Waals surface area (Å²) in [7, 11) is 0. The Bertz CT molecular complexity index is 308. The monoisotopic (exact) mass is 227 g/mol. The summed E-state index contributed by atoms with van der Waals surface area (Å²) in [5.74, 6) is 1.17. The molecule has 1 aliphatic heterocycles. The number of nitrogens with one attached hydrogen (secondary N) is 1. The average Bonchev–Trinajstić information content (AvgIpc) is 2.67. The molecular weight excluding hydrogens is 214 g/mol. The van der Waals surface area contributed by atoms with Crippen molar-refractivity contribution in [1.82, 2.24) is 10.3 Å². The molecule has 14 heavy (non-hydrogen) atoms. The number of amidine groups is 1. The lowest BCUT2D eigenvalue weighted by molar-refractivity contribution is 0.642. The summed E-state index contributed by atoms with van der Waals surface area (Å²) >= 11 is 3.42. The van der Waals surface area contributed by atoms with Crippen LogP contribution >= 0.6 is 23.1 Å². The standard InChI is InChI=1S/C9H13N3S2/c1-7-2-3-14-9(12-7)10-4-8-5-13-6-11-8/h5-7H,2-4H2,1H3,(H,10,12). The van der Waals surface area contributed by atoms with Crippen molar-refractivity contribution < 1.29 is 0 Å². The fourth-order valence-electron chi connectivity index (χ4n) is 1.22. The second-order valence-corrected chi connectivity index (χ2v) is 5.09. The highest BCUT2D eigenvalue weighted by Crippen LogP contribution is 2.14. The second-order valence-electron chi connectivity index (χ2n) is 3.28. The number of rotatable bonds is 2. The number of hydrogen-bond donors (Lipinski definition) is 1. The Morgan fingerprint density at radius 1 is 1.71 bits per heavy atom. The summed E-state index contributed by atoms with van der Waals surface area (Å²) in [5, 5.41) is 6.48. The zero-order chi connectivity index (χ0) is 9.80. The molecule has 1 aromatic rings. The van der Waals surface area contributed by atoms with Crippen LogP contribution < -0.4 is 5.32 Å². The minimum absolute atomic E-state index is 0.561. The van der Waals surface area contributed by atoms with E-state index in [9.17, 15) is 0 Å². The molecule has 0 radical (unpaired) electrons. The summed E-state index contributed by atoms with van der Waals surface area (Å²) < 4.78 is 0. The molecule has 1 unspecified atom stereocenters. The molecule has 0 aromatic carbocycles. The van der Waals surface area contributed by atoms with E-state index in [0.29, 0.717) is 12.6 Å². The summed E-state index contributed by atoms with van der Waals surface area (Å²) in [5.41, 5.74) is 2.91. The summed E-state index contributed by atoms with van der Waals surface area (Å²) in [6.07, 6.45) is 1.22. The Labute approximate surface area is 92.0 Å². The van der Waals surface area contributed by atoms with Crippen LogP contribution in [-0.2, 0) is 6.54 Å². The van der Waals surface area contributed by atoms with Gasteiger partial charge < -0.3 is 5.32 Å². The fourth-order valence-corrected chi connectivity index (χ4v) is 2.87. The molecule has 1 saturated heterocycles. The van der Waals surface area contributed by atoms with Gasteiger partial charge in [-0.1, -0.05) is 11.8 Å². The van der Waals surface area contributed by atoms with Gasteiger partial charge in [0.25, 0.3) is 0 Å². The molecule has 5 heteroatoms. The van der Waals surface area contributed by atoms with Gasteiger partial charge in [0.1, 0.15) is 0 Å². The van der Waals surface area contributed by atoms with Crippen molar-refractivity contribution >= 4 is 28.3 Å². The predicted molar refractivity (Wildman–Crippen MR) is 62.9 cm³/mol. The highest BCUT2D eigenvalue weighted by atomic mass is 32.2. The molecule has 2 heterocycles. The van der Waals surface area contributed by atoms with Gasteiger partial charge in [0.15, 0.2) is 5.17 Å². The number of thiazole rings is 1. The Morgan fingerprint density at radius 2 is 2.64 bits per heavy atom. The molecule has 1 fully saturated rings. The third-order valence-corrected chi connectivity index (χ3v) is 3.62. The summed E-state index contributed by atoms with van der Waals surface area (Å²) in [4.78, 5) is 8.68. The first kappa shape index (κ1) is 9.98. The van der Waals surface area contributed by atoms with Crippen molar-refractivity contribution in [3.8, 4) is 0 Å². The molecule has 1 N–H and O–H groups in total. The third kappa shape index (κ3) is 2.72. The Kier molecular flexibility index (Phi) is 3.42. The fraction of sp³-hybridized carbons (Fsp3) is 0.556. The molecule has 1 aliphatic rings. The molecule has 0 saturated carbocycles. The van der Waals surface area contributed by atoms with Gasteiger partial charge in [-0.05, 0) is 13.3 Å². The van der Waals surface area contributed by atoms with E-state index >= 15 is 0 Å². The Hall–Kier alpha value is -0.550. The minimum Gasteiger partial charge on any atom is -0.362 e. The van der Waals surface area contributed by atoms with Crippen LogP contribution in [0.25, 0.3) is 0 Å². The SMILES string of the molecule is CC1CCSC(=NCc2cscn2)N1. The summed E-state index contributed by atoms with van der Waals surface area (Å²) in [6.45, 7) is 2.89. The van der Waals surface area contributed by atoms with E-state index in [0.717, 1.165) is 10.9 Å². The average molecular weight is 227 g/mol. The van der Waals surface area contributed by atoms with Crippen LogP contribution in [0.4, 0.5) is 0 Å². The second kappa shape index (κ2) is 4.79. The minimum atomic E-state index is 0.561. The van der Waals surface area contributed by atoms with Gasteiger partial charge in [-0.25, -0.2) is 4.98 Å². The first-order valence-corrected chi connectivity index (χ1v) is 6.58. The van der Waals surface area contributed by atoms with Crippen LogP contribution in [0.3, 0.4) is 0 Å². The topological polar surface area (TPSA) is 37.3 Å². The number of nitrogens with zero attached hydrogens (tertiary/aromatic N) is 2. The van der Waals surface area contributed by atoms with Crippen LogP contribution in [0.5, 0.6) is 0 Å². The van der Waals surface area contributed by atoms with Gasteiger partial charge in [-0.2, -0.15) is 0 Å². The van der Waals surface area contributed by atoms with E-state index in [-0.39, 0.29) is 0 Å². The number of thioether (sulfide) groups is 1. The van der Waals surface area contributed by atoms with Crippen molar-refractivity contribution in [2.75, 3.05) is 5.75 Å². The first-order chi connectivity index (χ1) is 6.84. The number of hydrogen-bond acceptors (Lipinski definition) is 4. The van der Waals surface area contributed by atoms with E-state index in [2.05, 4.69) is 22.2 Å². The third-order valence-electron chi connectivity index (χ3n) is 2.03. The van der Waals surface area contributed by atoms with E-state index in [1.807, 2.05) is 10.9 Å². The van der Waals surface area contributed by atoms with E-state index in [1.165, 1.54) is 12.2 Å². The normalized spacial score (nSPS) is 24.9. The molecule has 0 spiro atoms. The van der Waals surface area contributed by atoms with Gasteiger partial charge in [-0.15, -0.1) is 11.3 Å². The highest BCUT2D eigenvalue weighted by Gasteiger charge is 2.12. The predicted octanol–water partition coefficient (Wildman–Crippen LogP) is 2.11. The Morgan fingerprint density at radius 3 is 3.36 bits per heavy atom. The maximum Gasteiger partial charge on any atom is 0.157 e. The van der Waals surface area contributed by atoms with Crippen molar-refractivity contribution in [2.45, 2.75) is 25.9 Å². The van der Waals surface area contributed by atoms with Gasteiger partial charge in [0, 0.05) is 17.2 Å². The largest absolute Gasteiger partial charge is 0.362 e. The molecule has 1 atom stereocenters. The van der Waals surface area contributed by atoms with E-state index in [1.54, 1.807) is 23.1 Å². The molecule has 0 amide bonds. The van der Waals surface area contributed by atoms with Crippen LogP contribution in [0.2, 0.25) is 0 Å². The van der Waals surface area contributed by atoms with Crippen molar-refractivity contribution in [3.63, 3.8) is 0 Å². The van der Waals surface area contributed by atoms with E-state index in [4.69, 9.17) is 0 Å². The lowest BCUT2D eigenvalue weighted by atomic mass is 10.3.